The van der Waals surface area contributed by atoms with Gasteiger partial charge in [-0.15, -0.1) is 10.2 Å². The molecular weight excluding hydrogens is 529 g/mol. The Labute approximate surface area is 236 Å². The predicted octanol–water partition coefficient (Wildman–Crippen LogP) is 3.62. The van der Waals surface area contributed by atoms with Crippen LogP contribution in [0.5, 0.6) is 0 Å². The largest absolute Gasteiger partial charge is 0.416 e. The first-order chi connectivity index (χ1) is 19.8. The topological polar surface area (TPSA) is 147 Å². The number of aromatic nitrogens is 6. The summed E-state index contributed by atoms with van der Waals surface area (Å²) in [5.41, 5.74) is 4.53. The number of carbonyl (C=O) groups is 1. The van der Waals surface area contributed by atoms with Crippen molar-refractivity contribution in [2.24, 2.45) is 0 Å². The van der Waals surface area contributed by atoms with E-state index in [1.807, 2.05) is 25.1 Å². The number of nitrogens with one attached hydrogen (secondary N) is 3. The van der Waals surface area contributed by atoms with E-state index in [0.717, 1.165) is 40.3 Å². The van der Waals surface area contributed by atoms with E-state index in [2.05, 4.69) is 47.0 Å². The van der Waals surface area contributed by atoms with Gasteiger partial charge in [-0.05, 0) is 50.5 Å². The molecule has 12 nitrogen and oxygen atoms in total. The second-order valence-electron chi connectivity index (χ2n) is 11.1. The van der Waals surface area contributed by atoms with E-state index in [1.54, 1.807) is 26.2 Å². The lowest BCUT2D eigenvalue weighted by Gasteiger charge is -2.36. The van der Waals surface area contributed by atoms with Crippen LogP contribution in [0.1, 0.15) is 59.7 Å². The summed E-state index contributed by atoms with van der Waals surface area (Å²) in [7, 11) is 0. The zero-order chi connectivity index (χ0) is 28.6. The summed E-state index contributed by atoms with van der Waals surface area (Å²) < 4.78 is 24.4. The number of anilines is 2. The lowest BCUT2D eigenvalue weighted by Crippen LogP contribution is -2.48. The van der Waals surface area contributed by atoms with Gasteiger partial charge in [0.15, 0.2) is 0 Å². The van der Waals surface area contributed by atoms with Crippen LogP contribution in [-0.4, -0.2) is 73.6 Å². The number of H-pyrrole nitrogens is 1. The third kappa shape index (κ3) is 5.55. The van der Waals surface area contributed by atoms with Crippen molar-refractivity contribution in [3.8, 4) is 11.3 Å². The maximum absolute atomic E-state index is 13.4. The van der Waals surface area contributed by atoms with E-state index in [1.165, 1.54) is 0 Å². The second-order valence-corrected chi connectivity index (χ2v) is 11.1. The van der Waals surface area contributed by atoms with Crippen LogP contribution in [-0.2, 0) is 16.7 Å². The fraction of sp³-hybridized carbons (Fsp3) is 0.429. The summed E-state index contributed by atoms with van der Waals surface area (Å²) in [6.07, 6.45) is 4.10. The number of carbonyl (C=O) groups excluding carboxylic acids is 1. The Morgan fingerprint density at radius 2 is 2.10 bits per heavy atom. The van der Waals surface area contributed by atoms with Crippen molar-refractivity contribution in [1.29, 1.82) is 0 Å². The van der Waals surface area contributed by atoms with Crippen LogP contribution in [0.25, 0.3) is 11.3 Å². The molecule has 2 aliphatic rings. The Balaban J connectivity index is 1.27. The molecule has 3 aromatic heterocycles. The Morgan fingerprint density at radius 3 is 2.83 bits per heavy atom. The molecular formula is C28H32FN9O3. The Bertz CT molecular complexity index is 1550. The van der Waals surface area contributed by atoms with Crippen LogP contribution in [0, 0.1) is 6.92 Å². The van der Waals surface area contributed by atoms with E-state index < -0.39 is 18.0 Å². The van der Waals surface area contributed by atoms with Crippen LogP contribution in [0.3, 0.4) is 0 Å². The number of hydrogen-bond acceptors (Lipinski definition) is 10. The molecule has 1 atom stereocenters. The van der Waals surface area contributed by atoms with Gasteiger partial charge < -0.3 is 19.8 Å². The quantitative estimate of drug-likeness (QED) is 0.291. The number of ether oxygens (including phenoxy) is 1. The van der Waals surface area contributed by atoms with Gasteiger partial charge in [0.1, 0.15) is 6.67 Å². The number of halogens is 1. The third-order valence-corrected chi connectivity index (χ3v) is 7.60. The zero-order valence-corrected chi connectivity index (χ0v) is 23.1. The third-order valence-electron chi connectivity index (χ3n) is 7.60. The summed E-state index contributed by atoms with van der Waals surface area (Å²) >= 11 is 0. The first-order valence-electron chi connectivity index (χ1n) is 13.6. The summed E-state index contributed by atoms with van der Waals surface area (Å²) in [5, 5.41) is 21.0. The summed E-state index contributed by atoms with van der Waals surface area (Å²) in [5.74, 6) is -0.106. The van der Waals surface area contributed by atoms with Gasteiger partial charge in [-0.3, -0.25) is 14.8 Å². The van der Waals surface area contributed by atoms with Crippen molar-refractivity contribution in [1.82, 2.24) is 40.6 Å². The van der Waals surface area contributed by atoms with Crippen molar-refractivity contribution in [3.63, 3.8) is 0 Å². The molecule has 1 amide bonds. The lowest BCUT2D eigenvalue weighted by molar-refractivity contribution is -0.0678. The number of hydrogen-bond donors (Lipinski definition) is 3. The Morgan fingerprint density at radius 1 is 1.24 bits per heavy atom. The average molecular weight is 562 g/mol. The van der Waals surface area contributed by atoms with Gasteiger partial charge in [0.2, 0.25) is 11.8 Å². The molecule has 1 aromatic carbocycles. The van der Waals surface area contributed by atoms with Gasteiger partial charge in [-0.1, -0.05) is 12.1 Å². The standard InChI is InChI=1S/C28H32FN9O3/c1-16-23(11-31-35-16)34-27-30-8-6-21(33-27)17-4-5-20-18(10-17)12-38(19-13-40-14-19)9-7-22(20)32-24(39)25-36-37-26(41-25)28(2,3)15-29/h4-6,8,10-11,19,22H,7,9,12-15H2,1-3H3,(H,31,35)(H,32,39)(H,30,33,34)/t22-/m0/s1. The molecule has 5 heterocycles. The number of benzene rings is 1. The molecule has 0 radical (unpaired) electrons. The summed E-state index contributed by atoms with van der Waals surface area (Å²) in [6.45, 7) is 7.40. The minimum Gasteiger partial charge on any atom is -0.416 e. The molecule has 0 saturated carbocycles. The summed E-state index contributed by atoms with van der Waals surface area (Å²) in [4.78, 5) is 24.6. The Kier molecular flexibility index (Phi) is 7.22. The van der Waals surface area contributed by atoms with Crippen LogP contribution in [0.15, 0.2) is 41.1 Å². The van der Waals surface area contributed by atoms with E-state index in [-0.39, 0.29) is 17.8 Å². The van der Waals surface area contributed by atoms with E-state index in [0.29, 0.717) is 38.2 Å². The monoisotopic (exact) mass is 561 g/mol. The smallest absolute Gasteiger partial charge is 0.309 e. The highest BCUT2D eigenvalue weighted by atomic mass is 19.1. The first kappa shape index (κ1) is 27.0. The molecule has 13 heteroatoms. The number of amides is 1. The zero-order valence-electron chi connectivity index (χ0n) is 23.1. The maximum Gasteiger partial charge on any atom is 0.309 e. The fourth-order valence-corrected chi connectivity index (χ4v) is 4.93. The highest BCUT2D eigenvalue weighted by molar-refractivity contribution is 5.89. The second kappa shape index (κ2) is 11.0. The van der Waals surface area contributed by atoms with Gasteiger partial charge in [0, 0.05) is 24.8 Å². The van der Waals surface area contributed by atoms with Crippen LogP contribution in [0.2, 0.25) is 0 Å². The van der Waals surface area contributed by atoms with Gasteiger partial charge in [0.25, 0.3) is 0 Å². The molecule has 3 N–H and O–H groups in total. The van der Waals surface area contributed by atoms with Gasteiger partial charge in [-0.2, -0.15) is 5.10 Å². The minimum absolute atomic E-state index is 0.0915. The highest BCUT2D eigenvalue weighted by Gasteiger charge is 2.33. The molecule has 0 bridgehead atoms. The van der Waals surface area contributed by atoms with Crippen molar-refractivity contribution < 1.29 is 18.3 Å². The number of aryl methyl sites for hydroxylation is 1. The molecule has 6 rings (SSSR count). The molecule has 0 aliphatic carbocycles. The van der Waals surface area contributed by atoms with Gasteiger partial charge >= 0.3 is 11.8 Å². The summed E-state index contributed by atoms with van der Waals surface area (Å²) in [6, 6.07) is 8.08. The molecule has 214 valence electrons. The van der Waals surface area contributed by atoms with E-state index in [4.69, 9.17) is 14.1 Å². The number of rotatable bonds is 8. The SMILES string of the molecule is Cc1[nH]ncc1Nc1nccc(-c2ccc3c(c2)CN(C2COC2)CC[C@@H]3NC(=O)c2nnc(C(C)(C)CF)o2)n1. The minimum atomic E-state index is -0.962. The maximum atomic E-state index is 13.4. The molecule has 4 aromatic rings. The molecule has 1 fully saturated rings. The van der Waals surface area contributed by atoms with Gasteiger partial charge in [0.05, 0.1) is 54.0 Å². The van der Waals surface area contributed by atoms with E-state index >= 15 is 0 Å². The molecule has 2 aliphatic heterocycles. The van der Waals surface area contributed by atoms with Crippen LogP contribution in [0.4, 0.5) is 16.0 Å². The Hall–Kier alpha value is -4.23. The van der Waals surface area contributed by atoms with Crippen LogP contribution < -0.4 is 10.6 Å². The number of aromatic amines is 1. The van der Waals surface area contributed by atoms with Crippen molar-refractivity contribution >= 4 is 17.5 Å². The number of alkyl halides is 1. The van der Waals surface area contributed by atoms with Gasteiger partial charge in [-0.25, -0.2) is 14.4 Å². The number of fused-ring (bicyclic) bond motifs is 1. The molecule has 0 spiro atoms. The van der Waals surface area contributed by atoms with Crippen molar-refractivity contribution in [3.05, 3.63) is 65.3 Å². The molecule has 0 unspecified atom stereocenters. The fourth-order valence-electron chi connectivity index (χ4n) is 4.93. The predicted molar refractivity (Wildman–Crippen MR) is 147 cm³/mol. The first-order valence-corrected chi connectivity index (χ1v) is 13.6. The lowest BCUT2D eigenvalue weighted by atomic mass is 9.96. The molecule has 41 heavy (non-hydrogen) atoms. The normalized spacial score (nSPS) is 17.9. The number of nitrogens with zero attached hydrogens (tertiary/aromatic N) is 6. The molecule has 1 saturated heterocycles. The highest BCUT2D eigenvalue weighted by Crippen LogP contribution is 2.33. The van der Waals surface area contributed by atoms with E-state index in [9.17, 15) is 9.18 Å². The van der Waals surface area contributed by atoms with Crippen molar-refractivity contribution in [2.45, 2.75) is 51.2 Å². The average Bonchev–Trinajstić information content (AvgIpc) is 3.56. The van der Waals surface area contributed by atoms with Crippen molar-refractivity contribution in [2.75, 3.05) is 31.7 Å². The van der Waals surface area contributed by atoms with Crippen LogP contribution >= 0.6 is 0 Å².